The standard InChI is InChI=1S/C11H14FNO3/c1-5-2-9-6(3-8(5)12)10(14)7(4-13-9)11(15)16/h4-6,8-9,13H,2-3H2,1H3,(H,15,16). The van der Waals surface area contributed by atoms with Crippen molar-refractivity contribution in [1.29, 1.82) is 0 Å². The average Bonchev–Trinajstić information content (AvgIpc) is 2.21. The van der Waals surface area contributed by atoms with E-state index in [1.54, 1.807) is 0 Å². The van der Waals surface area contributed by atoms with Crippen molar-refractivity contribution in [2.24, 2.45) is 11.8 Å². The van der Waals surface area contributed by atoms with E-state index in [4.69, 9.17) is 5.11 Å². The predicted molar refractivity (Wildman–Crippen MR) is 54.4 cm³/mol. The van der Waals surface area contributed by atoms with E-state index in [1.165, 1.54) is 6.20 Å². The summed E-state index contributed by atoms with van der Waals surface area (Å²) >= 11 is 0. The first-order valence-corrected chi connectivity index (χ1v) is 5.38. The number of rotatable bonds is 1. The Hall–Kier alpha value is -1.39. The van der Waals surface area contributed by atoms with Gasteiger partial charge >= 0.3 is 5.97 Å². The minimum absolute atomic E-state index is 0.0821. The number of hydrogen-bond donors (Lipinski definition) is 2. The van der Waals surface area contributed by atoms with Gasteiger partial charge in [0.05, 0.1) is 0 Å². The fraction of sp³-hybridized carbons (Fsp3) is 0.636. The number of alkyl halides is 1. The molecule has 1 aliphatic heterocycles. The van der Waals surface area contributed by atoms with Gasteiger partial charge in [-0.2, -0.15) is 0 Å². The lowest BCUT2D eigenvalue weighted by molar-refractivity contribution is -0.136. The van der Waals surface area contributed by atoms with Crippen LogP contribution in [0, 0.1) is 11.8 Å². The van der Waals surface area contributed by atoms with Crippen molar-refractivity contribution in [3.8, 4) is 0 Å². The molecule has 0 aromatic carbocycles. The third-order valence-corrected chi connectivity index (χ3v) is 3.48. The molecule has 1 heterocycles. The molecule has 88 valence electrons. The van der Waals surface area contributed by atoms with Gasteiger partial charge < -0.3 is 10.4 Å². The van der Waals surface area contributed by atoms with Crippen LogP contribution in [0.15, 0.2) is 11.8 Å². The van der Waals surface area contributed by atoms with Crippen LogP contribution < -0.4 is 5.32 Å². The lowest BCUT2D eigenvalue weighted by Gasteiger charge is -2.38. The van der Waals surface area contributed by atoms with Crippen LogP contribution in [0.3, 0.4) is 0 Å². The summed E-state index contributed by atoms with van der Waals surface area (Å²) < 4.78 is 13.5. The van der Waals surface area contributed by atoms with Gasteiger partial charge in [-0.3, -0.25) is 4.79 Å². The summed E-state index contributed by atoms with van der Waals surface area (Å²) in [6.45, 7) is 1.81. The number of aliphatic carboxylic acids is 1. The second kappa shape index (κ2) is 3.88. The van der Waals surface area contributed by atoms with Gasteiger partial charge in [0.1, 0.15) is 11.7 Å². The highest BCUT2D eigenvalue weighted by Gasteiger charge is 2.43. The molecule has 0 bridgehead atoms. The predicted octanol–water partition coefficient (Wildman–Crippen LogP) is 0.880. The zero-order chi connectivity index (χ0) is 11.9. The minimum atomic E-state index is -1.25. The summed E-state index contributed by atoms with van der Waals surface area (Å²) in [7, 11) is 0. The van der Waals surface area contributed by atoms with E-state index in [0.29, 0.717) is 6.42 Å². The second-order valence-electron chi connectivity index (χ2n) is 4.57. The zero-order valence-electron chi connectivity index (χ0n) is 8.94. The van der Waals surface area contributed by atoms with Gasteiger partial charge in [-0.05, 0) is 18.8 Å². The molecule has 0 aromatic rings. The topological polar surface area (TPSA) is 66.4 Å². The van der Waals surface area contributed by atoms with Crippen LogP contribution in [0.1, 0.15) is 19.8 Å². The van der Waals surface area contributed by atoms with Crippen molar-refractivity contribution < 1.29 is 19.1 Å². The van der Waals surface area contributed by atoms with Gasteiger partial charge in [0, 0.05) is 18.2 Å². The number of nitrogens with one attached hydrogen (secondary N) is 1. The molecule has 0 amide bonds. The van der Waals surface area contributed by atoms with Crippen LogP contribution in [0.25, 0.3) is 0 Å². The molecule has 0 saturated heterocycles. The van der Waals surface area contributed by atoms with Crippen LogP contribution in [-0.2, 0) is 9.59 Å². The molecule has 0 aromatic heterocycles. The molecule has 1 aliphatic carbocycles. The smallest absolute Gasteiger partial charge is 0.340 e. The van der Waals surface area contributed by atoms with E-state index < -0.39 is 23.8 Å². The highest BCUT2D eigenvalue weighted by molar-refractivity contribution is 6.18. The summed E-state index contributed by atoms with van der Waals surface area (Å²) in [5.41, 5.74) is -0.261. The Morgan fingerprint density at radius 2 is 2.25 bits per heavy atom. The van der Waals surface area contributed by atoms with E-state index in [0.717, 1.165) is 0 Å². The van der Waals surface area contributed by atoms with Gasteiger partial charge in [0.25, 0.3) is 0 Å². The third kappa shape index (κ3) is 1.70. The SMILES string of the molecule is CC1CC2NC=C(C(=O)O)C(=O)C2CC1F. The van der Waals surface area contributed by atoms with Crippen LogP contribution in [0.2, 0.25) is 0 Å². The Bertz CT molecular complexity index is 366. The van der Waals surface area contributed by atoms with Crippen LogP contribution >= 0.6 is 0 Å². The molecule has 1 fully saturated rings. The maximum Gasteiger partial charge on any atom is 0.340 e. The summed E-state index contributed by atoms with van der Waals surface area (Å²) in [5, 5.41) is 11.7. The van der Waals surface area contributed by atoms with Crippen molar-refractivity contribution in [3.63, 3.8) is 0 Å². The van der Waals surface area contributed by atoms with Crippen molar-refractivity contribution in [2.75, 3.05) is 0 Å². The second-order valence-corrected chi connectivity index (χ2v) is 4.57. The third-order valence-electron chi connectivity index (χ3n) is 3.48. The van der Waals surface area contributed by atoms with Crippen molar-refractivity contribution in [1.82, 2.24) is 5.32 Å². The van der Waals surface area contributed by atoms with E-state index in [-0.39, 0.29) is 24.0 Å². The molecule has 1 saturated carbocycles. The molecule has 0 radical (unpaired) electrons. The number of carboxylic acid groups (broad SMARTS) is 1. The largest absolute Gasteiger partial charge is 0.478 e. The van der Waals surface area contributed by atoms with Crippen molar-refractivity contribution in [3.05, 3.63) is 11.8 Å². The van der Waals surface area contributed by atoms with Crippen LogP contribution in [-0.4, -0.2) is 29.1 Å². The van der Waals surface area contributed by atoms with Crippen molar-refractivity contribution in [2.45, 2.75) is 32.0 Å². The Morgan fingerprint density at radius 3 is 2.88 bits per heavy atom. The Morgan fingerprint density at radius 1 is 1.56 bits per heavy atom. The van der Waals surface area contributed by atoms with Crippen LogP contribution in [0.5, 0.6) is 0 Å². The fourth-order valence-corrected chi connectivity index (χ4v) is 2.45. The average molecular weight is 227 g/mol. The minimum Gasteiger partial charge on any atom is -0.478 e. The molecule has 4 nitrogen and oxygen atoms in total. The first kappa shape index (κ1) is 11.1. The highest BCUT2D eigenvalue weighted by atomic mass is 19.1. The molecule has 16 heavy (non-hydrogen) atoms. The fourth-order valence-electron chi connectivity index (χ4n) is 2.45. The quantitative estimate of drug-likeness (QED) is 0.652. The molecule has 2 aliphatic rings. The van der Waals surface area contributed by atoms with Gasteiger partial charge in [-0.1, -0.05) is 6.92 Å². The molecular formula is C11H14FNO3. The maximum atomic E-state index is 13.5. The normalized spacial score (nSPS) is 38.4. The van der Waals surface area contributed by atoms with Gasteiger partial charge in [0.2, 0.25) is 0 Å². The summed E-state index contributed by atoms with van der Waals surface area (Å²) in [6.07, 6.45) is 0.931. The first-order chi connectivity index (χ1) is 7.50. The Balaban J connectivity index is 2.22. The summed E-state index contributed by atoms with van der Waals surface area (Å²) in [6, 6.07) is -0.113. The van der Waals surface area contributed by atoms with Crippen molar-refractivity contribution >= 4 is 11.8 Å². The summed E-state index contributed by atoms with van der Waals surface area (Å²) in [5.74, 6) is -2.29. The molecule has 2 rings (SSSR count). The number of ketones is 1. The van der Waals surface area contributed by atoms with E-state index in [1.807, 2.05) is 6.92 Å². The van der Waals surface area contributed by atoms with E-state index in [2.05, 4.69) is 5.32 Å². The summed E-state index contributed by atoms with van der Waals surface area (Å²) in [4.78, 5) is 22.6. The first-order valence-electron chi connectivity index (χ1n) is 5.38. The maximum absolute atomic E-state index is 13.5. The Labute approximate surface area is 92.5 Å². The lowest BCUT2D eigenvalue weighted by Crippen LogP contribution is -2.50. The van der Waals surface area contributed by atoms with Gasteiger partial charge in [0.15, 0.2) is 5.78 Å². The number of halogens is 1. The van der Waals surface area contributed by atoms with Gasteiger partial charge in [-0.25, -0.2) is 9.18 Å². The monoisotopic (exact) mass is 227 g/mol. The number of carboxylic acids is 1. The number of carbonyl (C=O) groups excluding carboxylic acids is 1. The molecule has 4 unspecified atom stereocenters. The molecule has 4 atom stereocenters. The highest BCUT2D eigenvalue weighted by Crippen LogP contribution is 2.34. The zero-order valence-corrected chi connectivity index (χ0v) is 8.94. The van der Waals surface area contributed by atoms with Gasteiger partial charge in [-0.15, -0.1) is 0 Å². The number of carbonyl (C=O) groups is 2. The van der Waals surface area contributed by atoms with E-state index >= 15 is 0 Å². The van der Waals surface area contributed by atoms with Crippen LogP contribution in [0.4, 0.5) is 4.39 Å². The molecule has 2 N–H and O–H groups in total. The molecular weight excluding hydrogens is 213 g/mol. The molecule has 0 spiro atoms. The Kier molecular flexibility index (Phi) is 2.69. The van der Waals surface area contributed by atoms with E-state index in [9.17, 15) is 14.0 Å². The number of fused-ring (bicyclic) bond motifs is 1. The number of Topliss-reactive ketones (excluding diaryl/α,β-unsaturated/α-hetero) is 1. The molecule has 5 heteroatoms. The number of hydrogen-bond acceptors (Lipinski definition) is 3. The lowest BCUT2D eigenvalue weighted by atomic mass is 9.73.